The van der Waals surface area contributed by atoms with Crippen LogP contribution in [-0.4, -0.2) is 36.0 Å². The number of carbonyl (C=O) groups excluding carboxylic acids is 1. The molecule has 3 N–H and O–H groups in total. The maximum Gasteiger partial charge on any atom is 0.224 e. The zero-order valence-corrected chi connectivity index (χ0v) is 19.6. The molecule has 1 amide bonds. The van der Waals surface area contributed by atoms with Crippen LogP contribution in [0.2, 0.25) is 0 Å². The van der Waals surface area contributed by atoms with Gasteiger partial charge in [0.1, 0.15) is 22.4 Å². The van der Waals surface area contributed by atoms with Gasteiger partial charge in [-0.1, -0.05) is 6.92 Å². The van der Waals surface area contributed by atoms with E-state index in [2.05, 4.69) is 30.5 Å². The number of amides is 1. The van der Waals surface area contributed by atoms with Crippen LogP contribution in [0.3, 0.4) is 0 Å². The number of anilines is 1. The molecule has 1 aromatic carbocycles. The molecule has 5 heterocycles. The van der Waals surface area contributed by atoms with Gasteiger partial charge < -0.3 is 10.3 Å². The summed E-state index contributed by atoms with van der Waals surface area (Å²) in [5.74, 6) is -0.213. The third-order valence-corrected chi connectivity index (χ3v) is 6.61. The molecular formula is C25H17F2N7OS. The van der Waals surface area contributed by atoms with Crippen molar-refractivity contribution in [3.05, 3.63) is 65.9 Å². The van der Waals surface area contributed by atoms with Gasteiger partial charge in [-0.2, -0.15) is 9.49 Å². The summed E-state index contributed by atoms with van der Waals surface area (Å²) in [6.07, 6.45) is 5.09. The molecule has 178 valence electrons. The van der Waals surface area contributed by atoms with Gasteiger partial charge in [-0.05, 0) is 42.0 Å². The van der Waals surface area contributed by atoms with E-state index >= 15 is 4.39 Å². The topological polar surface area (TPSA) is 112 Å². The van der Waals surface area contributed by atoms with Crippen molar-refractivity contribution in [2.45, 2.75) is 13.3 Å². The molecule has 5 aromatic heterocycles. The van der Waals surface area contributed by atoms with Gasteiger partial charge in [0, 0.05) is 29.8 Å². The molecule has 36 heavy (non-hydrogen) atoms. The highest BCUT2D eigenvalue weighted by atomic mass is 32.1. The molecule has 6 aromatic rings. The molecule has 11 heteroatoms. The van der Waals surface area contributed by atoms with Gasteiger partial charge in [0.2, 0.25) is 5.91 Å². The normalized spacial score (nSPS) is 11.4. The van der Waals surface area contributed by atoms with Crippen molar-refractivity contribution in [3.63, 3.8) is 0 Å². The average molecular weight is 502 g/mol. The molecule has 0 aliphatic carbocycles. The Labute approximate surface area is 206 Å². The number of pyridine rings is 2. The summed E-state index contributed by atoms with van der Waals surface area (Å²) >= 11 is 0.988. The number of imidazole rings is 1. The molecule has 0 atom stereocenters. The lowest BCUT2D eigenvalue weighted by molar-refractivity contribution is -0.115. The van der Waals surface area contributed by atoms with Gasteiger partial charge in [0.15, 0.2) is 16.8 Å². The van der Waals surface area contributed by atoms with Crippen LogP contribution in [0, 0.1) is 10.9 Å². The zero-order valence-electron chi connectivity index (χ0n) is 18.8. The number of H-pyrrole nitrogens is 2. The number of nitrogens with zero attached hydrogens (tertiary/aromatic N) is 4. The number of nitrogens with one attached hydrogen (secondary N) is 3. The number of benzene rings is 1. The van der Waals surface area contributed by atoms with Crippen LogP contribution < -0.4 is 5.32 Å². The average Bonchev–Trinajstić information content (AvgIpc) is 3.61. The first-order valence-electron chi connectivity index (χ1n) is 11.0. The second kappa shape index (κ2) is 8.61. The summed E-state index contributed by atoms with van der Waals surface area (Å²) in [6, 6.07) is 9.72. The monoisotopic (exact) mass is 501 g/mol. The summed E-state index contributed by atoms with van der Waals surface area (Å²) in [5, 5.41) is 10.0. The highest BCUT2D eigenvalue weighted by Crippen LogP contribution is 2.35. The van der Waals surface area contributed by atoms with Gasteiger partial charge in [0.05, 0.1) is 22.3 Å². The van der Waals surface area contributed by atoms with E-state index in [0.29, 0.717) is 61.7 Å². The summed E-state index contributed by atoms with van der Waals surface area (Å²) in [6.45, 7) is 1.76. The third kappa shape index (κ3) is 3.79. The van der Waals surface area contributed by atoms with Crippen LogP contribution in [-0.2, 0) is 4.79 Å². The van der Waals surface area contributed by atoms with Crippen molar-refractivity contribution in [3.8, 4) is 33.2 Å². The van der Waals surface area contributed by atoms with E-state index in [4.69, 9.17) is 4.98 Å². The second-order valence-corrected chi connectivity index (χ2v) is 9.10. The predicted octanol–water partition coefficient (Wildman–Crippen LogP) is 5.92. The van der Waals surface area contributed by atoms with E-state index < -0.39 is 5.82 Å². The lowest BCUT2D eigenvalue weighted by Gasteiger charge is -2.07. The Balaban J connectivity index is 1.46. The first-order chi connectivity index (χ1) is 17.5. The Morgan fingerprint density at radius 3 is 2.78 bits per heavy atom. The zero-order chi connectivity index (χ0) is 24.8. The maximum atomic E-state index is 15.1. The quantitative estimate of drug-likeness (QED) is 0.272. The van der Waals surface area contributed by atoms with Crippen molar-refractivity contribution in [1.29, 1.82) is 0 Å². The molecule has 0 radical (unpaired) electrons. The molecule has 0 saturated heterocycles. The Hall–Kier alpha value is -4.51. The lowest BCUT2D eigenvalue weighted by Crippen LogP contribution is -2.09. The van der Waals surface area contributed by atoms with E-state index in [1.54, 1.807) is 43.6 Å². The Morgan fingerprint density at radius 2 is 1.97 bits per heavy atom. The van der Waals surface area contributed by atoms with Crippen LogP contribution in [0.25, 0.3) is 55.2 Å². The SMILES string of the molecule is CCC(=O)Nc1cncc(-c2cc(F)c3n[nH]c(-c4nc5c(-c6ccc(F)s6)nccc5[nH]4)c3c2)c1. The summed E-state index contributed by atoms with van der Waals surface area (Å²) in [7, 11) is 0. The Morgan fingerprint density at radius 1 is 1.08 bits per heavy atom. The van der Waals surface area contributed by atoms with Crippen LogP contribution in [0.1, 0.15) is 13.3 Å². The minimum atomic E-state index is -0.513. The van der Waals surface area contributed by atoms with Gasteiger partial charge in [-0.15, -0.1) is 11.3 Å². The van der Waals surface area contributed by atoms with E-state index in [1.807, 2.05) is 0 Å². The molecule has 0 spiro atoms. The van der Waals surface area contributed by atoms with Gasteiger partial charge in [-0.25, -0.2) is 9.37 Å². The molecule has 0 aliphatic rings. The van der Waals surface area contributed by atoms with E-state index in [9.17, 15) is 9.18 Å². The highest BCUT2D eigenvalue weighted by Gasteiger charge is 2.19. The molecule has 8 nitrogen and oxygen atoms in total. The fraction of sp³-hybridized carbons (Fsp3) is 0.0800. The number of aromatic amines is 2. The van der Waals surface area contributed by atoms with Crippen LogP contribution >= 0.6 is 11.3 Å². The molecular weight excluding hydrogens is 484 g/mol. The van der Waals surface area contributed by atoms with Crippen LogP contribution in [0.15, 0.2) is 55.0 Å². The standard InChI is InChI=1S/C25H17F2N7OS/c1-2-20(35)30-14-7-13(10-28-11-14)12-8-15-21(16(26)9-12)33-34-22(15)25-31-17-5-6-29-24(23(17)32-25)18-3-4-19(27)36-18/h3-11H,2H2,1H3,(H,30,35)(H,31,32)(H,33,34). The number of hydrogen-bond donors (Lipinski definition) is 3. The maximum absolute atomic E-state index is 15.1. The molecule has 0 saturated carbocycles. The smallest absolute Gasteiger partial charge is 0.224 e. The molecule has 0 unspecified atom stereocenters. The number of aromatic nitrogens is 6. The second-order valence-electron chi connectivity index (χ2n) is 8.06. The first-order valence-corrected chi connectivity index (χ1v) is 11.9. The summed E-state index contributed by atoms with van der Waals surface area (Å²) < 4.78 is 28.7. The van der Waals surface area contributed by atoms with Crippen molar-refractivity contribution < 1.29 is 13.6 Å². The molecule has 0 aliphatic heterocycles. The van der Waals surface area contributed by atoms with Crippen molar-refractivity contribution in [2.75, 3.05) is 5.32 Å². The minimum absolute atomic E-state index is 0.142. The third-order valence-electron chi connectivity index (χ3n) is 5.73. The summed E-state index contributed by atoms with van der Waals surface area (Å²) in [4.78, 5) is 28.9. The molecule has 0 bridgehead atoms. The number of halogens is 2. The van der Waals surface area contributed by atoms with Crippen LogP contribution in [0.5, 0.6) is 0 Å². The minimum Gasteiger partial charge on any atom is -0.337 e. The number of thiophene rings is 1. The van der Waals surface area contributed by atoms with E-state index in [0.717, 1.165) is 11.3 Å². The van der Waals surface area contributed by atoms with Crippen molar-refractivity contribution in [2.24, 2.45) is 0 Å². The molecule has 6 rings (SSSR count). The van der Waals surface area contributed by atoms with Crippen molar-refractivity contribution >= 4 is 44.9 Å². The predicted molar refractivity (Wildman–Crippen MR) is 134 cm³/mol. The Bertz CT molecular complexity index is 1770. The van der Waals surface area contributed by atoms with E-state index in [1.165, 1.54) is 18.3 Å². The fourth-order valence-electron chi connectivity index (χ4n) is 4.01. The fourth-order valence-corrected chi connectivity index (χ4v) is 4.74. The van der Waals surface area contributed by atoms with E-state index in [-0.39, 0.29) is 16.6 Å². The number of fused-ring (bicyclic) bond motifs is 2. The largest absolute Gasteiger partial charge is 0.337 e. The lowest BCUT2D eigenvalue weighted by atomic mass is 10.0. The number of carbonyl (C=O) groups is 1. The Kier molecular flexibility index (Phi) is 5.26. The molecule has 0 fully saturated rings. The summed E-state index contributed by atoms with van der Waals surface area (Å²) in [5.41, 5.74) is 4.20. The van der Waals surface area contributed by atoms with Gasteiger partial charge >= 0.3 is 0 Å². The number of rotatable bonds is 5. The van der Waals surface area contributed by atoms with Crippen molar-refractivity contribution in [1.82, 2.24) is 30.1 Å². The van der Waals surface area contributed by atoms with Gasteiger partial charge in [0.25, 0.3) is 0 Å². The highest BCUT2D eigenvalue weighted by molar-refractivity contribution is 7.13. The van der Waals surface area contributed by atoms with Crippen LogP contribution in [0.4, 0.5) is 14.5 Å². The van der Waals surface area contributed by atoms with Gasteiger partial charge in [-0.3, -0.25) is 19.9 Å². The number of hydrogen-bond acceptors (Lipinski definition) is 6. The first kappa shape index (κ1) is 22.0.